The maximum atomic E-state index is 13.2. The van der Waals surface area contributed by atoms with E-state index in [1.54, 1.807) is 6.07 Å². The Morgan fingerprint density at radius 3 is 2.62 bits per heavy atom. The van der Waals surface area contributed by atoms with Crippen molar-refractivity contribution in [1.29, 1.82) is 5.26 Å². The predicted octanol–water partition coefficient (Wildman–Crippen LogP) is 5.31. The van der Waals surface area contributed by atoms with Crippen LogP contribution in [0.2, 0.25) is 0 Å². The van der Waals surface area contributed by atoms with E-state index in [1.165, 1.54) is 11.8 Å². The molecule has 1 heterocycles. The molecule has 0 saturated heterocycles. The molecule has 0 radical (unpaired) electrons. The zero-order valence-electron chi connectivity index (χ0n) is 16.9. The van der Waals surface area contributed by atoms with Gasteiger partial charge in [0.05, 0.1) is 11.6 Å². The van der Waals surface area contributed by atoms with Crippen molar-refractivity contribution in [3.05, 3.63) is 65.2 Å². The van der Waals surface area contributed by atoms with E-state index >= 15 is 0 Å². The van der Waals surface area contributed by atoms with Crippen molar-refractivity contribution in [2.24, 2.45) is 0 Å². The fourth-order valence-corrected chi connectivity index (χ4v) is 4.71. The zero-order chi connectivity index (χ0) is 20.8. The number of carbonyl (C=O) groups is 1. The molecule has 4 nitrogen and oxygen atoms in total. The highest BCUT2D eigenvalue weighted by Crippen LogP contribution is 2.38. The fourth-order valence-electron chi connectivity index (χ4n) is 3.76. The quantitative estimate of drug-likeness (QED) is 0.645. The number of unbranched alkanes of at least 4 members (excludes halogenated alkanes) is 1. The Bertz CT molecular complexity index is 947. The monoisotopic (exact) mass is 406 g/mol. The molecular weight excluding hydrogens is 380 g/mol. The lowest BCUT2D eigenvalue weighted by molar-refractivity contribution is -0.115. The maximum absolute atomic E-state index is 13.2. The average Bonchev–Trinajstić information content (AvgIpc) is 2.97. The number of rotatable bonds is 8. The summed E-state index contributed by atoms with van der Waals surface area (Å²) in [4.78, 5) is 16.9. The molecule has 1 N–H and O–H groups in total. The number of benzene rings is 2. The molecule has 1 amide bonds. The van der Waals surface area contributed by atoms with Crippen LogP contribution in [0.25, 0.3) is 0 Å². The smallest absolute Gasteiger partial charge is 0.254 e. The molecule has 1 unspecified atom stereocenters. The summed E-state index contributed by atoms with van der Waals surface area (Å²) in [6.45, 7) is 4.12. The van der Waals surface area contributed by atoms with Gasteiger partial charge in [-0.25, -0.2) is 0 Å². The van der Waals surface area contributed by atoms with Gasteiger partial charge in [-0.2, -0.15) is 5.26 Å². The van der Waals surface area contributed by atoms with Crippen LogP contribution < -0.4 is 4.90 Å². The summed E-state index contributed by atoms with van der Waals surface area (Å²) in [6, 6.07) is 17.8. The van der Waals surface area contributed by atoms with Gasteiger partial charge in [-0.05, 0) is 49.2 Å². The molecule has 0 saturated carbocycles. The molecule has 0 bridgehead atoms. The van der Waals surface area contributed by atoms with E-state index in [2.05, 4.69) is 13.0 Å². The second-order valence-corrected chi connectivity index (χ2v) is 8.29. The number of anilines is 1. The van der Waals surface area contributed by atoms with Crippen LogP contribution in [0.3, 0.4) is 0 Å². The van der Waals surface area contributed by atoms with E-state index in [9.17, 15) is 15.2 Å². The predicted molar refractivity (Wildman–Crippen MR) is 117 cm³/mol. The summed E-state index contributed by atoms with van der Waals surface area (Å²) in [7, 11) is 0. The van der Waals surface area contributed by atoms with Crippen molar-refractivity contribution in [3.63, 3.8) is 0 Å². The van der Waals surface area contributed by atoms with E-state index < -0.39 is 0 Å². The molecule has 3 rings (SSSR count). The normalized spacial score (nSPS) is 16.4. The Morgan fingerprint density at radius 2 is 1.97 bits per heavy atom. The Morgan fingerprint density at radius 1 is 1.21 bits per heavy atom. The third-order valence-corrected chi connectivity index (χ3v) is 6.36. The first-order valence-electron chi connectivity index (χ1n) is 10.0. The molecule has 150 valence electrons. The van der Waals surface area contributed by atoms with E-state index in [1.807, 2.05) is 54.3 Å². The van der Waals surface area contributed by atoms with Gasteiger partial charge in [0.1, 0.15) is 6.07 Å². The summed E-state index contributed by atoms with van der Waals surface area (Å²) < 4.78 is 0. The molecule has 1 aliphatic rings. The highest BCUT2D eigenvalue weighted by atomic mass is 32.2. The summed E-state index contributed by atoms with van der Waals surface area (Å²) in [5.41, 5.74) is 3.18. The SMILES string of the molecule is CCCCC1C(C)=C(CCO)C(=O)N1c1ccc(C#N)c(Sc2ccccc2)c1. The average molecular weight is 407 g/mol. The topological polar surface area (TPSA) is 64.3 Å². The number of nitriles is 1. The van der Waals surface area contributed by atoms with Gasteiger partial charge in [0, 0.05) is 34.1 Å². The van der Waals surface area contributed by atoms with Crippen LogP contribution in [0, 0.1) is 11.3 Å². The minimum Gasteiger partial charge on any atom is -0.396 e. The number of carbonyl (C=O) groups excluding carboxylic acids is 1. The van der Waals surface area contributed by atoms with Gasteiger partial charge in [0.25, 0.3) is 5.91 Å². The minimum atomic E-state index is -0.0325. The van der Waals surface area contributed by atoms with Crippen molar-refractivity contribution in [2.45, 2.75) is 55.4 Å². The Labute approximate surface area is 176 Å². The summed E-state index contributed by atoms with van der Waals surface area (Å²) >= 11 is 1.53. The molecule has 29 heavy (non-hydrogen) atoms. The summed E-state index contributed by atoms with van der Waals surface area (Å²) in [5, 5.41) is 19.0. The first kappa shape index (κ1) is 21.2. The zero-order valence-corrected chi connectivity index (χ0v) is 17.7. The van der Waals surface area contributed by atoms with Gasteiger partial charge < -0.3 is 10.0 Å². The van der Waals surface area contributed by atoms with Gasteiger partial charge in [0.15, 0.2) is 0 Å². The van der Waals surface area contributed by atoms with Gasteiger partial charge in [-0.15, -0.1) is 0 Å². The van der Waals surface area contributed by atoms with E-state index in [4.69, 9.17) is 0 Å². The largest absolute Gasteiger partial charge is 0.396 e. The second kappa shape index (κ2) is 9.78. The Hall–Kier alpha value is -2.55. The number of aliphatic hydroxyl groups excluding tert-OH is 1. The van der Waals surface area contributed by atoms with Crippen LogP contribution in [0.15, 0.2) is 69.5 Å². The number of hydrogen-bond acceptors (Lipinski definition) is 4. The van der Waals surface area contributed by atoms with Crippen molar-refractivity contribution < 1.29 is 9.90 Å². The van der Waals surface area contributed by atoms with E-state index in [0.29, 0.717) is 12.0 Å². The minimum absolute atomic E-state index is 0.00603. The number of aliphatic hydroxyl groups is 1. The molecule has 0 fully saturated rings. The van der Waals surface area contributed by atoms with Gasteiger partial charge in [-0.3, -0.25) is 4.79 Å². The molecular formula is C24H26N2O2S. The van der Waals surface area contributed by atoms with Crippen molar-refractivity contribution in [3.8, 4) is 6.07 Å². The van der Waals surface area contributed by atoms with Crippen LogP contribution in [-0.4, -0.2) is 23.7 Å². The standard InChI is InChI=1S/C24H26N2O2S/c1-3-4-10-22-17(2)21(13-14-27)24(28)26(22)19-12-11-18(16-25)23(15-19)29-20-8-6-5-7-9-20/h5-9,11-12,15,22,27H,3-4,10,13-14H2,1-2H3. The second-order valence-electron chi connectivity index (χ2n) is 7.18. The lowest BCUT2D eigenvalue weighted by atomic mass is 10.00. The van der Waals surface area contributed by atoms with Crippen LogP contribution in [-0.2, 0) is 4.79 Å². The lowest BCUT2D eigenvalue weighted by Gasteiger charge is -2.27. The summed E-state index contributed by atoms with van der Waals surface area (Å²) in [5.74, 6) is -0.0296. The molecule has 1 aliphatic heterocycles. The van der Waals surface area contributed by atoms with Gasteiger partial charge in [0.2, 0.25) is 0 Å². The van der Waals surface area contributed by atoms with E-state index in [0.717, 1.165) is 45.9 Å². The first-order valence-corrected chi connectivity index (χ1v) is 10.8. The van der Waals surface area contributed by atoms with Crippen molar-refractivity contribution >= 4 is 23.4 Å². The van der Waals surface area contributed by atoms with Crippen molar-refractivity contribution in [1.82, 2.24) is 0 Å². The molecule has 1 atom stereocenters. The van der Waals surface area contributed by atoms with Gasteiger partial charge >= 0.3 is 0 Å². The van der Waals surface area contributed by atoms with Gasteiger partial charge in [-0.1, -0.05) is 49.7 Å². The lowest BCUT2D eigenvalue weighted by Crippen LogP contribution is -2.35. The number of nitrogens with zero attached hydrogens (tertiary/aromatic N) is 2. The molecule has 5 heteroatoms. The number of hydrogen-bond donors (Lipinski definition) is 1. The highest BCUT2D eigenvalue weighted by molar-refractivity contribution is 7.99. The Kier molecular flexibility index (Phi) is 7.13. The van der Waals surface area contributed by atoms with Crippen LogP contribution in [0.1, 0.15) is 45.1 Å². The fraction of sp³-hybridized carbons (Fsp3) is 0.333. The highest BCUT2D eigenvalue weighted by Gasteiger charge is 2.37. The molecule has 0 aromatic heterocycles. The maximum Gasteiger partial charge on any atom is 0.254 e. The van der Waals surface area contributed by atoms with E-state index in [-0.39, 0.29) is 18.6 Å². The third kappa shape index (κ3) is 4.55. The Balaban J connectivity index is 1.98. The third-order valence-electron chi connectivity index (χ3n) is 5.29. The molecule has 2 aromatic rings. The first-order chi connectivity index (χ1) is 14.1. The number of amides is 1. The summed E-state index contributed by atoms with van der Waals surface area (Å²) in [6.07, 6.45) is 3.36. The molecule has 2 aromatic carbocycles. The van der Waals surface area contributed by atoms with Crippen LogP contribution in [0.5, 0.6) is 0 Å². The van der Waals surface area contributed by atoms with Crippen molar-refractivity contribution in [2.75, 3.05) is 11.5 Å². The molecule has 0 spiro atoms. The van der Waals surface area contributed by atoms with Crippen LogP contribution in [0.4, 0.5) is 5.69 Å². The molecule has 0 aliphatic carbocycles. The van der Waals surface area contributed by atoms with Crippen LogP contribution >= 0.6 is 11.8 Å².